The van der Waals surface area contributed by atoms with Crippen LogP contribution in [0.2, 0.25) is 0 Å². The Morgan fingerprint density at radius 3 is 2.18 bits per heavy atom. The van der Waals surface area contributed by atoms with Gasteiger partial charge < -0.3 is 35.2 Å². The highest BCUT2D eigenvalue weighted by Crippen LogP contribution is 2.34. The van der Waals surface area contributed by atoms with Crippen molar-refractivity contribution in [1.82, 2.24) is 15.5 Å². The number of amides is 3. The third-order valence-electron chi connectivity index (χ3n) is 8.17. The maximum Gasteiger partial charge on any atom is 0.408 e. The molecule has 0 bridgehead atoms. The number of ether oxygens (including phenoxy) is 2. The molecule has 2 aliphatic heterocycles. The molecule has 39 heavy (non-hydrogen) atoms. The van der Waals surface area contributed by atoms with Crippen molar-refractivity contribution in [2.75, 3.05) is 19.8 Å². The predicted molar refractivity (Wildman–Crippen MR) is 143 cm³/mol. The molecule has 5 atom stereocenters. The highest BCUT2D eigenvalue weighted by atomic mass is 16.6. The number of nitrogens with one attached hydrogen (secondary N) is 2. The van der Waals surface area contributed by atoms with Crippen molar-refractivity contribution in [3.63, 3.8) is 0 Å². The molecule has 3 rings (SSSR count). The van der Waals surface area contributed by atoms with Gasteiger partial charge in [-0.1, -0.05) is 33.1 Å². The van der Waals surface area contributed by atoms with Crippen LogP contribution in [0.5, 0.6) is 0 Å². The summed E-state index contributed by atoms with van der Waals surface area (Å²) >= 11 is 0. The Bertz CT molecular complexity index is 879. The fourth-order valence-electron chi connectivity index (χ4n) is 6.05. The van der Waals surface area contributed by atoms with Gasteiger partial charge in [-0.25, -0.2) is 9.59 Å². The van der Waals surface area contributed by atoms with Crippen LogP contribution in [0.25, 0.3) is 0 Å². The first kappa shape index (κ1) is 31.1. The zero-order valence-electron chi connectivity index (χ0n) is 24.0. The second-order valence-electron chi connectivity index (χ2n) is 12.7. The summed E-state index contributed by atoms with van der Waals surface area (Å²) < 4.78 is 10.7. The van der Waals surface area contributed by atoms with Gasteiger partial charge in [0.1, 0.15) is 17.7 Å². The summed E-state index contributed by atoms with van der Waals surface area (Å²) in [6.07, 6.45) is 3.01. The van der Waals surface area contributed by atoms with Crippen molar-refractivity contribution in [3.8, 4) is 0 Å². The number of carboxylic acid groups (broad SMARTS) is 1. The SMILES string of the molecule is CC(C)C1CCN(C(=O)[C@@H](NC(=O)OC(C)(C)C)C2CCCCC2)[C@@H]1C(=O)NC(CC1COC1)C(O)C(=O)O. The molecule has 0 radical (unpaired) electrons. The van der Waals surface area contributed by atoms with Gasteiger partial charge in [-0.2, -0.15) is 0 Å². The summed E-state index contributed by atoms with van der Waals surface area (Å²) in [7, 11) is 0. The van der Waals surface area contributed by atoms with Crippen molar-refractivity contribution in [2.45, 2.75) is 109 Å². The lowest BCUT2D eigenvalue weighted by Crippen LogP contribution is -2.60. The number of alkyl carbamates (subject to hydrolysis) is 1. The Labute approximate surface area is 231 Å². The van der Waals surface area contributed by atoms with Crippen LogP contribution in [-0.4, -0.2) is 88.6 Å². The molecular formula is C28H47N3O8. The van der Waals surface area contributed by atoms with E-state index in [9.17, 15) is 29.4 Å². The lowest BCUT2D eigenvalue weighted by Gasteiger charge is -2.37. The number of nitrogens with zero attached hydrogens (tertiary/aromatic N) is 1. The average molecular weight is 554 g/mol. The zero-order chi connectivity index (χ0) is 28.9. The van der Waals surface area contributed by atoms with Gasteiger partial charge in [-0.05, 0) is 64.2 Å². The number of hydrogen-bond acceptors (Lipinski definition) is 7. The minimum absolute atomic E-state index is 0.0419. The second kappa shape index (κ2) is 13.3. The second-order valence-corrected chi connectivity index (χ2v) is 12.7. The monoisotopic (exact) mass is 553 g/mol. The van der Waals surface area contributed by atoms with Crippen LogP contribution in [-0.2, 0) is 23.9 Å². The minimum Gasteiger partial charge on any atom is -0.479 e. The highest BCUT2D eigenvalue weighted by molar-refractivity contribution is 5.92. The van der Waals surface area contributed by atoms with E-state index in [1.54, 1.807) is 25.7 Å². The van der Waals surface area contributed by atoms with Crippen molar-refractivity contribution < 1.29 is 38.9 Å². The molecule has 0 aromatic carbocycles. The normalized spacial score (nSPS) is 24.9. The fraction of sp³-hybridized carbons (Fsp3) is 0.857. The van der Waals surface area contributed by atoms with Crippen molar-refractivity contribution in [3.05, 3.63) is 0 Å². The third kappa shape index (κ3) is 8.30. The fourth-order valence-corrected chi connectivity index (χ4v) is 6.05. The van der Waals surface area contributed by atoms with E-state index in [0.29, 0.717) is 26.2 Å². The molecule has 0 spiro atoms. The number of carboxylic acids is 1. The molecule has 1 aliphatic carbocycles. The topological polar surface area (TPSA) is 154 Å². The third-order valence-corrected chi connectivity index (χ3v) is 8.17. The van der Waals surface area contributed by atoms with Crippen LogP contribution in [0.4, 0.5) is 4.79 Å². The molecule has 0 aromatic rings. The summed E-state index contributed by atoms with van der Waals surface area (Å²) in [6, 6.07) is -2.68. The smallest absolute Gasteiger partial charge is 0.408 e. The van der Waals surface area contributed by atoms with E-state index in [-0.39, 0.29) is 36.0 Å². The Morgan fingerprint density at radius 2 is 1.67 bits per heavy atom. The first-order chi connectivity index (χ1) is 18.3. The van der Waals surface area contributed by atoms with Gasteiger partial charge in [0.25, 0.3) is 0 Å². The summed E-state index contributed by atoms with van der Waals surface area (Å²) in [4.78, 5) is 53.8. The van der Waals surface area contributed by atoms with Gasteiger partial charge in [0.15, 0.2) is 6.10 Å². The first-order valence-electron chi connectivity index (χ1n) is 14.4. The van der Waals surface area contributed by atoms with E-state index in [1.807, 2.05) is 13.8 Å². The van der Waals surface area contributed by atoms with Crippen LogP contribution in [0, 0.1) is 23.7 Å². The molecule has 11 heteroatoms. The lowest BCUT2D eigenvalue weighted by molar-refractivity contribution is -0.151. The van der Waals surface area contributed by atoms with Gasteiger partial charge in [-0.15, -0.1) is 0 Å². The minimum atomic E-state index is -1.78. The maximum absolute atomic E-state index is 14.1. The van der Waals surface area contributed by atoms with E-state index in [0.717, 1.165) is 32.1 Å². The summed E-state index contributed by atoms with van der Waals surface area (Å²) in [5, 5.41) is 25.4. The molecule has 3 unspecified atom stereocenters. The van der Waals surface area contributed by atoms with Crippen LogP contribution < -0.4 is 10.6 Å². The van der Waals surface area contributed by atoms with E-state index in [1.165, 1.54) is 0 Å². The number of carbonyl (C=O) groups excluding carboxylic acids is 3. The number of carbonyl (C=O) groups is 4. The molecule has 2 heterocycles. The van der Waals surface area contributed by atoms with Gasteiger partial charge in [0.05, 0.1) is 19.3 Å². The molecular weight excluding hydrogens is 506 g/mol. The van der Waals surface area contributed by atoms with E-state index >= 15 is 0 Å². The van der Waals surface area contributed by atoms with E-state index in [2.05, 4.69) is 10.6 Å². The largest absolute Gasteiger partial charge is 0.479 e. The Kier molecular flexibility index (Phi) is 10.6. The quantitative estimate of drug-likeness (QED) is 0.321. The molecule has 222 valence electrons. The van der Waals surface area contributed by atoms with Crippen LogP contribution in [0.1, 0.15) is 79.6 Å². The number of likely N-dealkylation sites (tertiary alicyclic amines) is 1. The van der Waals surface area contributed by atoms with E-state index < -0.39 is 47.8 Å². The zero-order valence-corrected chi connectivity index (χ0v) is 24.0. The lowest BCUT2D eigenvalue weighted by atomic mass is 9.83. The predicted octanol–water partition coefficient (Wildman–Crippen LogP) is 2.30. The van der Waals surface area contributed by atoms with Crippen molar-refractivity contribution in [2.24, 2.45) is 23.7 Å². The van der Waals surface area contributed by atoms with Gasteiger partial charge in [-0.3, -0.25) is 9.59 Å². The first-order valence-corrected chi connectivity index (χ1v) is 14.4. The number of rotatable bonds is 10. The maximum atomic E-state index is 14.1. The Hall–Kier alpha value is -2.40. The molecule has 11 nitrogen and oxygen atoms in total. The molecule has 1 saturated carbocycles. The molecule has 3 aliphatic rings. The van der Waals surface area contributed by atoms with Crippen LogP contribution in [0.15, 0.2) is 0 Å². The molecule has 2 saturated heterocycles. The van der Waals surface area contributed by atoms with E-state index in [4.69, 9.17) is 9.47 Å². The standard InChI is InChI=1S/C28H47N3O8/c1-16(2)19-11-12-31(22(19)24(33)29-20(23(32)26(35)36)13-17-14-38-15-17)25(34)21(18-9-7-6-8-10-18)30-27(37)39-28(3,4)5/h16-23,32H,6-15H2,1-5H3,(H,29,33)(H,30,37)(H,35,36)/t19?,20?,21-,22-,23?/m0/s1. The summed E-state index contributed by atoms with van der Waals surface area (Å²) in [5.74, 6) is -2.32. The molecule has 3 fully saturated rings. The molecule has 3 amide bonds. The summed E-state index contributed by atoms with van der Waals surface area (Å²) in [5.41, 5.74) is -0.728. The number of aliphatic hydroxyl groups is 1. The number of hydrogen-bond donors (Lipinski definition) is 4. The van der Waals surface area contributed by atoms with Crippen LogP contribution in [0.3, 0.4) is 0 Å². The van der Waals surface area contributed by atoms with Crippen molar-refractivity contribution >= 4 is 23.9 Å². The van der Waals surface area contributed by atoms with Crippen molar-refractivity contribution in [1.29, 1.82) is 0 Å². The average Bonchev–Trinajstić information content (AvgIpc) is 3.28. The highest BCUT2D eigenvalue weighted by Gasteiger charge is 2.47. The Balaban J connectivity index is 1.84. The van der Waals surface area contributed by atoms with Crippen LogP contribution >= 0.6 is 0 Å². The molecule has 4 N–H and O–H groups in total. The van der Waals surface area contributed by atoms with Gasteiger partial charge in [0, 0.05) is 12.5 Å². The Morgan fingerprint density at radius 1 is 1.03 bits per heavy atom. The molecule has 0 aromatic heterocycles. The summed E-state index contributed by atoms with van der Waals surface area (Å²) in [6.45, 7) is 10.5. The van der Waals surface area contributed by atoms with Gasteiger partial charge in [0.2, 0.25) is 11.8 Å². The van der Waals surface area contributed by atoms with Gasteiger partial charge >= 0.3 is 12.1 Å². The number of aliphatic hydroxyl groups excluding tert-OH is 1. The number of aliphatic carboxylic acids is 1.